The van der Waals surface area contributed by atoms with Crippen LogP contribution in [0.5, 0.6) is 5.75 Å². The summed E-state index contributed by atoms with van der Waals surface area (Å²) < 4.78 is 11.7. The molecule has 1 aromatic rings. The van der Waals surface area contributed by atoms with Gasteiger partial charge in [-0.3, -0.25) is 4.90 Å². The third kappa shape index (κ3) is 4.72. The smallest absolute Gasteiger partial charge is 0.142 e. The van der Waals surface area contributed by atoms with E-state index in [-0.39, 0.29) is 11.2 Å². The van der Waals surface area contributed by atoms with Crippen molar-refractivity contribution < 1.29 is 9.47 Å². The van der Waals surface area contributed by atoms with Crippen molar-refractivity contribution in [2.45, 2.75) is 51.2 Å². The highest BCUT2D eigenvalue weighted by atomic mass is 16.5. The van der Waals surface area contributed by atoms with E-state index >= 15 is 0 Å². The van der Waals surface area contributed by atoms with E-state index in [9.17, 15) is 0 Å². The summed E-state index contributed by atoms with van der Waals surface area (Å²) in [5, 5.41) is 0. The van der Waals surface area contributed by atoms with Crippen LogP contribution in [0.15, 0.2) is 24.3 Å². The maximum absolute atomic E-state index is 6.24. The van der Waals surface area contributed by atoms with E-state index < -0.39 is 0 Å². The SMILES string of the molecule is COc1ccccc1N1CCN(CC#C[C@@]2(C)CCCC(C)(C)O2)CC1. The number of hydrogen-bond acceptors (Lipinski definition) is 4. The average molecular weight is 357 g/mol. The van der Waals surface area contributed by atoms with Crippen LogP contribution >= 0.6 is 0 Å². The first kappa shape index (κ1) is 19.1. The summed E-state index contributed by atoms with van der Waals surface area (Å²) in [5.74, 6) is 7.75. The van der Waals surface area contributed by atoms with Crippen molar-refractivity contribution in [2.24, 2.45) is 0 Å². The molecule has 2 heterocycles. The molecule has 0 bridgehead atoms. The van der Waals surface area contributed by atoms with Crippen molar-refractivity contribution in [3.63, 3.8) is 0 Å². The van der Waals surface area contributed by atoms with E-state index in [2.05, 4.69) is 54.5 Å². The summed E-state index contributed by atoms with van der Waals surface area (Å²) in [4.78, 5) is 4.83. The average Bonchev–Trinajstić information content (AvgIpc) is 2.61. The Balaban J connectivity index is 1.52. The van der Waals surface area contributed by atoms with Crippen molar-refractivity contribution in [3.8, 4) is 17.6 Å². The molecule has 0 spiro atoms. The lowest BCUT2D eigenvalue weighted by Gasteiger charge is -2.40. The lowest BCUT2D eigenvalue weighted by molar-refractivity contribution is -0.135. The second-order valence-corrected chi connectivity index (χ2v) is 8.18. The fourth-order valence-electron chi connectivity index (χ4n) is 4.03. The third-order valence-electron chi connectivity index (χ3n) is 5.39. The first-order valence-corrected chi connectivity index (χ1v) is 9.71. The Kier molecular flexibility index (Phi) is 5.79. The number of nitrogens with zero attached hydrogens (tertiary/aromatic N) is 2. The Bertz CT molecular complexity index is 668. The number of anilines is 1. The largest absolute Gasteiger partial charge is 0.495 e. The summed E-state index contributed by atoms with van der Waals surface area (Å²) >= 11 is 0. The Labute approximate surface area is 158 Å². The van der Waals surface area contributed by atoms with Crippen molar-refractivity contribution in [1.29, 1.82) is 0 Å². The van der Waals surface area contributed by atoms with Gasteiger partial charge < -0.3 is 14.4 Å². The molecule has 3 rings (SSSR count). The molecule has 26 heavy (non-hydrogen) atoms. The van der Waals surface area contributed by atoms with Gasteiger partial charge in [0.2, 0.25) is 0 Å². The van der Waals surface area contributed by atoms with Crippen LogP contribution in [0.3, 0.4) is 0 Å². The second-order valence-electron chi connectivity index (χ2n) is 8.18. The maximum atomic E-state index is 6.24. The predicted octanol–water partition coefficient (Wildman–Crippen LogP) is 3.56. The van der Waals surface area contributed by atoms with Crippen LogP contribution in [-0.4, -0.2) is 55.9 Å². The topological polar surface area (TPSA) is 24.9 Å². The molecule has 2 aliphatic heterocycles. The molecule has 0 N–H and O–H groups in total. The number of methoxy groups -OCH3 is 1. The van der Waals surface area contributed by atoms with Gasteiger partial charge in [0.15, 0.2) is 0 Å². The molecule has 0 unspecified atom stereocenters. The summed E-state index contributed by atoms with van der Waals surface area (Å²) in [6, 6.07) is 8.25. The molecule has 0 amide bonds. The molecule has 1 atom stereocenters. The number of ether oxygens (including phenoxy) is 2. The van der Waals surface area contributed by atoms with Crippen LogP contribution in [0.1, 0.15) is 40.0 Å². The van der Waals surface area contributed by atoms with E-state index in [1.54, 1.807) is 7.11 Å². The zero-order valence-electron chi connectivity index (χ0n) is 16.7. The number of rotatable bonds is 3. The van der Waals surface area contributed by atoms with Gasteiger partial charge in [-0.15, -0.1) is 0 Å². The Morgan fingerprint density at radius 2 is 1.81 bits per heavy atom. The van der Waals surface area contributed by atoms with E-state index in [0.29, 0.717) is 0 Å². The minimum atomic E-state index is -0.291. The lowest BCUT2D eigenvalue weighted by Crippen LogP contribution is -2.46. The van der Waals surface area contributed by atoms with E-state index in [4.69, 9.17) is 9.47 Å². The van der Waals surface area contributed by atoms with Gasteiger partial charge in [-0.25, -0.2) is 0 Å². The van der Waals surface area contributed by atoms with Gasteiger partial charge in [0.05, 0.1) is 24.9 Å². The van der Waals surface area contributed by atoms with Crippen LogP contribution in [0.2, 0.25) is 0 Å². The van der Waals surface area contributed by atoms with E-state index in [1.807, 2.05) is 12.1 Å². The van der Waals surface area contributed by atoms with Gasteiger partial charge in [-0.1, -0.05) is 24.0 Å². The Hall–Kier alpha value is -1.70. The molecule has 142 valence electrons. The molecule has 4 nitrogen and oxygen atoms in total. The minimum absolute atomic E-state index is 0.0535. The highest BCUT2D eigenvalue weighted by Gasteiger charge is 2.35. The summed E-state index contributed by atoms with van der Waals surface area (Å²) in [5.41, 5.74) is 0.842. The molecule has 0 aliphatic carbocycles. The molecule has 1 aromatic carbocycles. The zero-order chi connectivity index (χ0) is 18.6. The van der Waals surface area contributed by atoms with Gasteiger partial charge >= 0.3 is 0 Å². The number of benzene rings is 1. The summed E-state index contributed by atoms with van der Waals surface area (Å²) in [6.45, 7) is 11.4. The van der Waals surface area contributed by atoms with Crippen LogP contribution in [0, 0.1) is 11.8 Å². The maximum Gasteiger partial charge on any atom is 0.142 e. The fourth-order valence-corrected chi connectivity index (χ4v) is 4.03. The molecular weight excluding hydrogens is 324 g/mol. The minimum Gasteiger partial charge on any atom is -0.495 e. The Morgan fingerprint density at radius 1 is 1.08 bits per heavy atom. The van der Waals surface area contributed by atoms with Gasteiger partial charge in [0.1, 0.15) is 11.4 Å². The monoisotopic (exact) mass is 356 g/mol. The van der Waals surface area contributed by atoms with Crippen molar-refractivity contribution in [2.75, 3.05) is 44.7 Å². The lowest BCUT2D eigenvalue weighted by atomic mass is 9.88. The molecule has 0 saturated carbocycles. The van der Waals surface area contributed by atoms with Gasteiger partial charge in [0, 0.05) is 26.2 Å². The number of hydrogen-bond donors (Lipinski definition) is 0. The van der Waals surface area contributed by atoms with Crippen LogP contribution in [-0.2, 0) is 4.74 Å². The number of piperazine rings is 1. The molecule has 0 radical (unpaired) electrons. The van der Waals surface area contributed by atoms with Crippen LogP contribution < -0.4 is 9.64 Å². The predicted molar refractivity (Wildman–Crippen MR) is 107 cm³/mol. The van der Waals surface area contributed by atoms with Crippen molar-refractivity contribution in [1.82, 2.24) is 4.90 Å². The third-order valence-corrected chi connectivity index (χ3v) is 5.39. The van der Waals surface area contributed by atoms with Gasteiger partial charge in [-0.2, -0.15) is 0 Å². The van der Waals surface area contributed by atoms with Gasteiger partial charge in [-0.05, 0) is 52.2 Å². The fraction of sp³-hybridized carbons (Fsp3) is 0.636. The highest BCUT2D eigenvalue weighted by molar-refractivity contribution is 5.58. The van der Waals surface area contributed by atoms with E-state index in [0.717, 1.165) is 51.3 Å². The zero-order valence-corrected chi connectivity index (χ0v) is 16.7. The summed E-state index contributed by atoms with van der Waals surface area (Å²) in [6.07, 6.45) is 3.34. The van der Waals surface area contributed by atoms with Crippen molar-refractivity contribution >= 4 is 5.69 Å². The molecule has 0 aromatic heterocycles. The molecule has 2 saturated heterocycles. The molecule has 4 heteroatoms. The van der Waals surface area contributed by atoms with Crippen LogP contribution in [0.4, 0.5) is 5.69 Å². The number of para-hydroxylation sites is 2. The van der Waals surface area contributed by atoms with Crippen molar-refractivity contribution in [3.05, 3.63) is 24.3 Å². The highest BCUT2D eigenvalue weighted by Crippen LogP contribution is 2.34. The standard InChI is InChI=1S/C22H32N2O2/c1-21(2)11-7-12-22(3,26-21)13-8-14-23-15-17-24(18-16-23)19-9-5-6-10-20(19)25-4/h5-6,9-10H,7,11-12,14-18H2,1-4H3/t22-/m1/s1. The Morgan fingerprint density at radius 3 is 2.50 bits per heavy atom. The quantitative estimate of drug-likeness (QED) is 0.773. The van der Waals surface area contributed by atoms with Crippen LogP contribution in [0.25, 0.3) is 0 Å². The van der Waals surface area contributed by atoms with E-state index in [1.165, 1.54) is 12.1 Å². The van der Waals surface area contributed by atoms with Gasteiger partial charge in [0.25, 0.3) is 0 Å². The molecule has 2 fully saturated rings. The molecular formula is C22H32N2O2. The first-order valence-electron chi connectivity index (χ1n) is 9.71. The first-order chi connectivity index (χ1) is 12.4. The normalized spacial score (nSPS) is 26.1. The molecule has 2 aliphatic rings. The second kappa shape index (κ2) is 7.90. The summed E-state index contributed by atoms with van der Waals surface area (Å²) in [7, 11) is 1.74.